The van der Waals surface area contributed by atoms with Crippen molar-refractivity contribution in [3.8, 4) is 0 Å². The third-order valence-corrected chi connectivity index (χ3v) is 6.29. The first kappa shape index (κ1) is 14.4. The van der Waals surface area contributed by atoms with Gasteiger partial charge < -0.3 is 5.73 Å². The van der Waals surface area contributed by atoms with Gasteiger partial charge >= 0.3 is 0 Å². The van der Waals surface area contributed by atoms with Crippen molar-refractivity contribution in [3.05, 3.63) is 34.3 Å². The number of likely N-dealkylation sites (N-methyl/N-ethyl adjacent to an activating group) is 1. The molecule has 1 saturated heterocycles. The summed E-state index contributed by atoms with van der Waals surface area (Å²) in [6, 6.07) is 8.43. The molecule has 100 valence electrons. The van der Waals surface area contributed by atoms with E-state index in [0.29, 0.717) is 5.25 Å². The summed E-state index contributed by atoms with van der Waals surface area (Å²) in [6.45, 7) is 3.99. The lowest BCUT2D eigenvalue weighted by atomic mass is 9.90. The van der Waals surface area contributed by atoms with Gasteiger partial charge in [0.25, 0.3) is 0 Å². The number of halogens is 1. The van der Waals surface area contributed by atoms with E-state index in [0.717, 1.165) is 13.1 Å². The first-order valence-electron chi connectivity index (χ1n) is 6.36. The van der Waals surface area contributed by atoms with Gasteiger partial charge in [-0.1, -0.05) is 41.1 Å². The summed E-state index contributed by atoms with van der Waals surface area (Å²) >= 11 is 5.66. The molecule has 0 radical (unpaired) electrons. The largest absolute Gasteiger partial charge is 0.329 e. The van der Waals surface area contributed by atoms with Crippen LogP contribution in [0, 0.1) is 0 Å². The first-order chi connectivity index (χ1) is 8.60. The predicted octanol–water partition coefficient (Wildman–Crippen LogP) is 3.10. The number of benzene rings is 1. The zero-order valence-electron chi connectivity index (χ0n) is 11.0. The normalized spacial score (nSPS) is 27.9. The van der Waals surface area contributed by atoms with Crippen LogP contribution in [-0.2, 0) is 6.54 Å². The smallest absolute Gasteiger partial charge is 0.0455 e. The average molecular weight is 329 g/mol. The molecule has 0 bridgehead atoms. The van der Waals surface area contributed by atoms with Crippen molar-refractivity contribution in [1.29, 1.82) is 0 Å². The molecule has 0 aliphatic carbocycles. The Morgan fingerprint density at radius 1 is 1.50 bits per heavy atom. The van der Waals surface area contributed by atoms with Gasteiger partial charge in [-0.05, 0) is 30.9 Å². The van der Waals surface area contributed by atoms with Gasteiger partial charge in [0.2, 0.25) is 0 Å². The van der Waals surface area contributed by atoms with Gasteiger partial charge in [-0.25, -0.2) is 0 Å². The third kappa shape index (κ3) is 2.62. The topological polar surface area (TPSA) is 29.3 Å². The zero-order valence-corrected chi connectivity index (χ0v) is 13.4. The van der Waals surface area contributed by atoms with Crippen molar-refractivity contribution in [1.82, 2.24) is 4.90 Å². The Kier molecular flexibility index (Phi) is 4.75. The molecule has 1 fully saturated rings. The van der Waals surface area contributed by atoms with E-state index < -0.39 is 0 Å². The molecule has 0 aromatic heterocycles. The van der Waals surface area contributed by atoms with Gasteiger partial charge in [-0.15, -0.1) is 0 Å². The maximum absolute atomic E-state index is 6.09. The van der Waals surface area contributed by atoms with Crippen LogP contribution in [0.3, 0.4) is 0 Å². The summed E-state index contributed by atoms with van der Waals surface area (Å²) in [7, 11) is 2.20. The van der Waals surface area contributed by atoms with E-state index in [9.17, 15) is 0 Å². The minimum absolute atomic E-state index is 0.153. The van der Waals surface area contributed by atoms with Gasteiger partial charge in [-0.3, -0.25) is 4.90 Å². The average Bonchev–Trinajstić information content (AvgIpc) is 2.74. The Balaban J connectivity index is 2.16. The molecule has 2 unspecified atom stereocenters. The Bertz CT molecular complexity index is 413. The zero-order chi connectivity index (χ0) is 13.2. The van der Waals surface area contributed by atoms with Crippen molar-refractivity contribution in [3.63, 3.8) is 0 Å². The molecule has 1 aliphatic rings. The highest BCUT2D eigenvalue weighted by atomic mass is 79.9. The predicted molar refractivity (Wildman–Crippen MR) is 83.9 cm³/mol. The molecular weight excluding hydrogens is 308 g/mol. The van der Waals surface area contributed by atoms with Gasteiger partial charge in [0.1, 0.15) is 0 Å². The lowest BCUT2D eigenvalue weighted by molar-refractivity contribution is 0.121. The fourth-order valence-electron chi connectivity index (χ4n) is 2.74. The monoisotopic (exact) mass is 328 g/mol. The molecule has 0 amide bonds. The quantitative estimate of drug-likeness (QED) is 0.920. The molecule has 1 aromatic carbocycles. The second kappa shape index (κ2) is 5.95. The fraction of sp³-hybridized carbons (Fsp3) is 0.571. The molecule has 1 aliphatic heterocycles. The summed E-state index contributed by atoms with van der Waals surface area (Å²) in [5, 5.41) is 0.606. The SMILES string of the molecule is CC1SCCC1(CN)N(C)Cc1ccccc1Br. The molecule has 1 aromatic rings. The van der Waals surface area contributed by atoms with Crippen molar-refractivity contribution in [2.24, 2.45) is 5.73 Å². The molecule has 2 N–H and O–H groups in total. The highest BCUT2D eigenvalue weighted by Gasteiger charge is 2.43. The maximum atomic E-state index is 6.09. The van der Waals surface area contributed by atoms with E-state index in [4.69, 9.17) is 5.73 Å². The minimum atomic E-state index is 0.153. The van der Waals surface area contributed by atoms with E-state index in [1.807, 2.05) is 11.8 Å². The fourth-order valence-corrected chi connectivity index (χ4v) is 4.67. The molecule has 2 atom stereocenters. The summed E-state index contributed by atoms with van der Waals surface area (Å²) in [5.41, 5.74) is 7.57. The van der Waals surface area contributed by atoms with Gasteiger partial charge in [0, 0.05) is 28.4 Å². The van der Waals surface area contributed by atoms with Crippen LogP contribution in [0.1, 0.15) is 18.9 Å². The number of thioether (sulfide) groups is 1. The lowest BCUT2D eigenvalue weighted by Crippen LogP contribution is -2.55. The molecule has 0 saturated carbocycles. The van der Waals surface area contributed by atoms with Crippen LogP contribution >= 0.6 is 27.7 Å². The highest BCUT2D eigenvalue weighted by Crippen LogP contribution is 2.39. The van der Waals surface area contributed by atoms with Crippen LogP contribution < -0.4 is 5.73 Å². The van der Waals surface area contributed by atoms with Crippen molar-refractivity contribution in [2.45, 2.75) is 30.7 Å². The van der Waals surface area contributed by atoms with Crippen LogP contribution in [0.5, 0.6) is 0 Å². The van der Waals surface area contributed by atoms with Gasteiger partial charge in [-0.2, -0.15) is 11.8 Å². The third-order valence-electron chi connectivity index (χ3n) is 4.14. The Morgan fingerprint density at radius 3 is 2.78 bits per heavy atom. The van der Waals surface area contributed by atoms with E-state index >= 15 is 0 Å². The number of hydrogen-bond acceptors (Lipinski definition) is 3. The van der Waals surface area contributed by atoms with Crippen LogP contribution in [-0.4, -0.2) is 35.0 Å². The van der Waals surface area contributed by atoms with Crippen LogP contribution in [0.4, 0.5) is 0 Å². The summed E-state index contributed by atoms with van der Waals surface area (Å²) in [6.07, 6.45) is 1.19. The second-order valence-corrected chi connectivity index (χ2v) is 7.32. The van der Waals surface area contributed by atoms with Gasteiger partial charge in [0.05, 0.1) is 0 Å². The lowest BCUT2D eigenvalue weighted by Gasteiger charge is -2.41. The number of nitrogens with zero attached hydrogens (tertiary/aromatic N) is 1. The maximum Gasteiger partial charge on any atom is 0.0455 e. The van der Waals surface area contributed by atoms with Crippen molar-refractivity contribution in [2.75, 3.05) is 19.3 Å². The molecule has 2 nitrogen and oxygen atoms in total. The van der Waals surface area contributed by atoms with E-state index in [-0.39, 0.29) is 5.54 Å². The Labute approximate surface area is 122 Å². The summed E-state index contributed by atoms with van der Waals surface area (Å²) in [4.78, 5) is 2.44. The molecule has 0 spiro atoms. The van der Waals surface area contributed by atoms with E-state index in [1.54, 1.807) is 0 Å². The molecule has 1 heterocycles. The van der Waals surface area contributed by atoms with Crippen molar-refractivity contribution >= 4 is 27.7 Å². The molecule has 18 heavy (non-hydrogen) atoms. The standard InChI is InChI=1S/C14H21BrN2S/c1-11-14(10-16,7-8-18-11)17(2)9-12-5-3-4-6-13(12)15/h3-6,11H,7-10,16H2,1-2H3. The van der Waals surface area contributed by atoms with Crippen molar-refractivity contribution < 1.29 is 0 Å². The van der Waals surface area contributed by atoms with Crippen LogP contribution in [0.2, 0.25) is 0 Å². The van der Waals surface area contributed by atoms with E-state index in [1.165, 1.54) is 22.2 Å². The van der Waals surface area contributed by atoms with Gasteiger partial charge in [0.15, 0.2) is 0 Å². The molecule has 4 heteroatoms. The molecule has 2 rings (SSSR count). The number of rotatable bonds is 4. The summed E-state index contributed by atoms with van der Waals surface area (Å²) in [5.74, 6) is 1.22. The number of nitrogens with two attached hydrogens (primary N) is 1. The second-order valence-electron chi connectivity index (χ2n) is 5.02. The number of hydrogen-bond donors (Lipinski definition) is 1. The summed E-state index contributed by atoms with van der Waals surface area (Å²) < 4.78 is 1.18. The first-order valence-corrected chi connectivity index (χ1v) is 8.20. The van der Waals surface area contributed by atoms with Crippen LogP contribution in [0.25, 0.3) is 0 Å². The minimum Gasteiger partial charge on any atom is -0.329 e. The Morgan fingerprint density at radius 2 is 2.22 bits per heavy atom. The Hall–Kier alpha value is -0.0300. The molecular formula is C14H21BrN2S. The highest BCUT2D eigenvalue weighted by molar-refractivity contribution is 9.10. The van der Waals surface area contributed by atoms with Crippen LogP contribution in [0.15, 0.2) is 28.7 Å². The van der Waals surface area contributed by atoms with E-state index in [2.05, 4.69) is 59.1 Å².